The number of nitrogens with zero attached hydrogens (tertiary/aromatic N) is 2. The van der Waals surface area contributed by atoms with Crippen molar-refractivity contribution in [2.24, 2.45) is 11.1 Å². The van der Waals surface area contributed by atoms with Gasteiger partial charge in [0.1, 0.15) is 0 Å². The van der Waals surface area contributed by atoms with Gasteiger partial charge >= 0.3 is 0 Å². The molecule has 1 aromatic carbocycles. The van der Waals surface area contributed by atoms with Crippen LogP contribution in [-0.2, 0) is 6.54 Å². The molecule has 0 bridgehead atoms. The van der Waals surface area contributed by atoms with Crippen molar-refractivity contribution in [2.75, 3.05) is 13.1 Å². The SMILES string of the molecule is CC1(C(=N)N)CCN(Cc2ccnc3ccccc23)CC1. The molecule has 4 nitrogen and oxygen atoms in total. The fourth-order valence-electron chi connectivity index (χ4n) is 3.01. The Morgan fingerprint density at radius 2 is 2.00 bits per heavy atom. The Morgan fingerprint density at radius 1 is 1.29 bits per heavy atom. The normalized spacial score (nSPS) is 18.7. The van der Waals surface area contributed by atoms with Gasteiger partial charge in [0.2, 0.25) is 0 Å². The second-order valence-electron chi connectivity index (χ2n) is 6.24. The Balaban J connectivity index is 1.74. The van der Waals surface area contributed by atoms with Gasteiger partial charge in [-0.3, -0.25) is 15.3 Å². The lowest BCUT2D eigenvalue weighted by Gasteiger charge is -2.38. The summed E-state index contributed by atoms with van der Waals surface area (Å²) in [7, 11) is 0. The molecule has 0 radical (unpaired) electrons. The van der Waals surface area contributed by atoms with E-state index in [2.05, 4.69) is 41.1 Å². The molecule has 0 aliphatic carbocycles. The molecule has 0 saturated carbocycles. The third-order valence-electron chi connectivity index (χ3n) is 4.74. The minimum absolute atomic E-state index is 0.114. The summed E-state index contributed by atoms with van der Waals surface area (Å²) in [6.07, 6.45) is 3.82. The number of rotatable bonds is 3. The molecule has 0 amide bonds. The maximum absolute atomic E-state index is 7.73. The van der Waals surface area contributed by atoms with Crippen molar-refractivity contribution in [1.82, 2.24) is 9.88 Å². The number of hydrogen-bond donors (Lipinski definition) is 2. The summed E-state index contributed by atoms with van der Waals surface area (Å²) in [4.78, 5) is 6.87. The van der Waals surface area contributed by atoms with Crippen LogP contribution in [0.5, 0.6) is 0 Å². The van der Waals surface area contributed by atoms with Crippen LogP contribution in [0.15, 0.2) is 36.5 Å². The fourth-order valence-corrected chi connectivity index (χ4v) is 3.01. The molecular weight excluding hydrogens is 260 g/mol. The molecule has 2 aromatic rings. The summed E-state index contributed by atoms with van der Waals surface area (Å²) < 4.78 is 0. The molecule has 3 N–H and O–H groups in total. The average Bonchev–Trinajstić information content (AvgIpc) is 2.50. The summed E-state index contributed by atoms with van der Waals surface area (Å²) in [5.41, 5.74) is 8.00. The first-order chi connectivity index (χ1) is 10.1. The van der Waals surface area contributed by atoms with Gasteiger partial charge in [-0.05, 0) is 43.6 Å². The zero-order valence-electron chi connectivity index (χ0n) is 12.5. The highest BCUT2D eigenvalue weighted by Crippen LogP contribution is 2.31. The second kappa shape index (κ2) is 5.45. The van der Waals surface area contributed by atoms with E-state index >= 15 is 0 Å². The Morgan fingerprint density at radius 3 is 2.71 bits per heavy atom. The molecule has 3 rings (SSSR count). The van der Waals surface area contributed by atoms with E-state index in [1.54, 1.807) is 0 Å². The van der Waals surface area contributed by atoms with Crippen molar-refractivity contribution in [3.63, 3.8) is 0 Å². The molecule has 1 fully saturated rings. The van der Waals surface area contributed by atoms with Crippen molar-refractivity contribution in [3.05, 3.63) is 42.1 Å². The lowest BCUT2D eigenvalue weighted by Crippen LogP contribution is -2.44. The van der Waals surface area contributed by atoms with Crippen molar-refractivity contribution in [2.45, 2.75) is 26.3 Å². The van der Waals surface area contributed by atoms with Gasteiger partial charge < -0.3 is 5.73 Å². The van der Waals surface area contributed by atoms with E-state index in [0.29, 0.717) is 5.84 Å². The number of nitrogens with two attached hydrogens (primary N) is 1. The van der Waals surface area contributed by atoms with E-state index in [0.717, 1.165) is 38.0 Å². The van der Waals surface area contributed by atoms with Gasteiger partial charge in [-0.25, -0.2) is 0 Å². The van der Waals surface area contributed by atoms with Crippen LogP contribution in [0.3, 0.4) is 0 Å². The molecule has 2 heterocycles. The zero-order chi connectivity index (χ0) is 14.9. The van der Waals surface area contributed by atoms with Gasteiger partial charge in [-0.15, -0.1) is 0 Å². The van der Waals surface area contributed by atoms with Gasteiger partial charge in [-0.1, -0.05) is 25.1 Å². The first kappa shape index (κ1) is 14.0. The number of aromatic nitrogens is 1. The molecular formula is C17H22N4. The number of fused-ring (bicyclic) bond motifs is 1. The summed E-state index contributed by atoms with van der Waals surface area (Å²) >= 11 is 0. The third kappa shape index (κ3) is 2.76. The molecule has 1 aliphatic rings. The average molecular weight is 282 g/mol. The number of amidine groups is 1. The topological polar surface area (TPSA) is 66.0 Å². The standard InChI is InChI=1S/C17H22N4/c1-17(16(18)19)7-10-21(11-8-17)12-13-6-9-20-15-5-3-2-4-14(13)15/h2-6,9H,7-8,10-12H2,1H3,(H3,18,19). The number of hydrogen-bond acceptors (Lipinski definition) is 3. The van der Waals surface area contributed by atoms with Crippen molar-refractivity contribution in [1.29, 1.82) is 5.41 Å². The molecule has 21 heavy (non-hydrogen) atoms. The van der Waals surface area contributed by atoms with Crippen LogP contribution >= 0.6 is 0 Å². The van der Waals surface area contributed by atoms with E-state index in [9.17, 15) is 0 Å². The number of benzene rings is 1. The lowest BCUT2D eigenvalue weighted by atomic mass is 9.79. The van der Waals surface area contributed by atoms with Crippen LogP contribution in [0.4, 0.5) is 0 Å². The first-order valence-electron chi connectivity index (χ1n) is 7.48. The maximum atomic E-state index is 7.73. The molecule has 0 spiro atoms. The van der Waals surface area contributed by atoms with E-state index in [1.165, 1.54) is 10.9 Å². The monoisotopic (exact) mass is 282 g/mol. The molecule has 0 unspecified atom stereocenters. The Bertz CT molecular complexity index is 651. The fraction of sp³-hybridized carbons (Fsp3) is 0.412. The minimum atomic E-state index is -0.114. The second-order valence-corrected chi connectivity index (χ2v) is 6.24. The van der Waals surface area contributed by atoms with Crippen LogP contribution in [0, 0.1) is 10.8 Å². The largest absolute Gasteiger partial charge is 0.387 e. The summed E-state index contributed by atoms with van der Waals surface area (Å²) in [6.45, 7) is 5.03. The van der Waals surface area contributed by atoms with Crippen LogP contribution in [-0.4, -0.2) is 28.8 Å². The molecule has 4 heteroatoms. The number of piperidine rings is 1. The van der Waals surface area contributed by atoms with Crippen LogP contribution in [0.2, 0.25) is 0 Å². The Hall–Kier alpha value is -1.94. The van der Waals surface area contributed by atoms with Gasteiger partial charge in [0.05, 0.1) is 11.4 Å². The molecule has 110 valence electrons. The van der Waals surface area contributed by atoms with Crippen molar-refractivity contribution >= 4 is 16.7 Å². The van der Waals surface area contributed by atoms with Gasteiger partial charge in [-0.2, -0.15) is 0 Å². The highest BCUT2D eigenvalue weighted by atomic mass is 15.1. The highest BCUT2D eigenvalue weighted by Gasteiger charge is 2.32. The van der Waals surface area contributed by atoms with Crippen molar-refractivity contribution in [3.8, 4) is 0 Å². The highest BCUT2D eigenvalue weighted by molar-refractivity contribution is 5.83. The summed E-state index contributed by atoms with van der Waals surface area (Å²) in [6, 6.07) is 10.4. The van der Waals surface area contributed by atoms with Gasteiger partial charge in [0, 0.05) is 23.5 Å². The number of nitrogens with one attached hydrogen (secondary N) is 1. The first-order valence-corrected chi connectivity index (χ1v) is 7.48. The van der Waals surface area contributed by atoms with E-state index < -0.39 is 0 Å². The van der Waals surface area contributed by atoms with Gasteiger partial charge in [0.15, 0.2) is 0 Å². The zero-order valence-corrected chi connectivity index (χ0v) is 12.5. The maximum Gasteiger partial charge on any atom is 0.0966 e. The predicted octanol–water partition coefficient (Wildman–Crippen LogP) is 2.77. The van der Waals surface area contributed by atoms with Crippen LogP contribution < -0.4 is 5.73 Å². The molecule has 1 aromatic heterocycles. The van der Waals surface area contributed by atoms with Crippen LogP contribution in [0.1, 0.15) is 25.3 Å². The van der Waals surface area contributed by atoms with E-state index in [-0.39, 0.29) is 5.41 Å². The van der Waals surface area contributed by atoms with Gasteiger partial charge in [0.25, 0.3) is 0 Å². The predicted molar refractivity (Wildman–Crippen MR) is 86.3 cm³/mol. The minimum Gasteiger partial charge on any atom is -0.387 e. The van der Waals surface area contributed by atoms with E-state index in [4.69, 9.17) is 11.1 Å². The lowest BCUT2D eigenvalue weighted by molar-refractivity contribution is 0.156. The number of para-hydroxylation sites is 1. The Kier molecular flexibility index (Phi) is 3.64. The van der Waals surface area contributed by atoms with Crippen LogP contribution in [0.25, 0.3) is 10.9 Å². The summed E-state index contributed by atoms with van der Waals surface area (Å²) in [5, 5.41) is 8.97. The third-order valence-corrected chi connectivity index (χ3v) is 4.74. The number of pyridine rings is 1. The quantitative estimate of drug-likeness (QED) is 0.672. The molecule has 1 saturated heterocycles. The number of likely N-dealkylation sites (tertiary alicyclic amines) is 1. The van der Waals surface area contributed by atoms with E-state index in [1.807, 2.05) is 12.3 Å². The molecule has 1 aliphatic heterocycles. The summed E-state index contributed by atoms with van der Waals surface area (Å²) in [5.74, 6) is 0.330. The van der Waals surface area contributed by atoms with Crippen molar-refractivity contribution < 1.29 is 0 Å². The smallest absolute Gasteiger partial charge is 0.0966 e. The molecule has 0 atom stereocenters. The Labute approximate surface area is 125 Å².